The highest BCUT2D eigenvalue weighted by Crippen LogP contribution is 2.14. The number of unbranched alkanes of at least 4 members (excludes halogenated alkanes) is 1. The second-order valence-corrected chi connectivity index (χ2v) is 6.96. The molecule has 0 amide bonds. The summed E-state index contributed by atoms with van der Waals surface area (Å²) in [5.74, 6) is 0.804. The molecular weight excluding hydrogens is 467 g/mol. The Balaban J connectivity index is 0.00000392. The van der Waals surface area contributed by atoms with E-state index in [4.69, 9.17) is 0 Å². The minimum Gasteiger partial charge on any atom is -0.356 e. The molecule has 28 heavy (non-hydrogen) atoms. The zero-order chi connectivity index (χ0) is 19.8. The molecule has 1 atom stereocenters. The fourth-order valence-corrected chi connectivity index (χ4v) is 3.16. The third-order valence-corrected chi connectivity index (χ3v) is 4.79. The van der Waals surface area contributed by atoms with Gasteiger partial charge in [-0.05, 0) is 51.7 Å². The number of guanidine groups is 1. The maximum atomic E-state index is 11.7. The molecule has 0 fully saturated rings. The monoisotopic (exact) mass is 500 g/mol. The van der Waals surface area contributed by atoms with Crippen LogP contribution >= 0.6 is 24.0 Å². The van der Waals surface area contributed by atoms with Gasteiger partial charge in [-0.1, -0.05) is 6.07 Å². The number of aromatic nitrogens is 3. The van der Waals surface area contributed by atoms with E-state index in [0.29, 0.717) is 0 Å². The Morgan fingerprint density at radius 1 is 1.29 bits per heavy atom. The number of halogens is 1. The Morgan fingerprint density at radius 3 is 2.64 bits per heavy atom. The van der Waals surface area contributed by atoms with E-state index in [2.05, 4.69) is 41.5 Å². The zero-order valence-electron chi connectivity index (χ0n) is 17.5. The lowest BCUT2D eigenvalue weighted by molar-refractivity contribution is 0.579. The first-order valence-electron chi connectivity index (χ1n) is 9.54. The van der Waals surface area contributed by atoms with Crippen LogP contribution in [0.3, 0.4) is 0 Å². The van der Waals surface area contributed by atoms with Gasteiger partial charge in [0.1, 0.15) is 0 Å². The summed E-state index contributed by atoms with van der Waals surface area (Å²) in [7, 11) is 3.76. The Labute approximate surface area is 184 Å². The molecule has 0 saturated heterocycles. The molecule has 156 valence electrons. The van der Waals surface area contributed by atoms with Crippen LogP contribution in [-0.2, 0) is 20.0 Å². The fraction of sp³-hybridized carbons (Fsp3) is 0.550. The highest BCUT2D eigenvalue weighted by Gasteiger charge is 2.13. The summed E-state index contributed by atoms with van der Waals surface area (Å²) < 4.78 is 3.68. The van der Waals surface area contributed by atoms with Gasteiger partial charge in [-0.2, -0.15) is 5.10 Å². The minimum absolute atomic E-state index is 0. The molecular formula is C20H33IN6O. The number of nitrogens with zero attached hydrogens (tertiary/aromatic N) is 4. The third-order valence-electron chi connectivity index (χ3n) is 4.79. The summed E-state index contributed by atoms with van der Waals surface area (Å²) in [6.45, 7) is 7.87. The predicted octanol–water partition coefficient (Wildman–Crippen LogP) is 2.39. The summed E-state index contributed by atoms with van der Waals surface area (Å²) >= 11 is 0. The Kier molecular flexibility index (Phi) is 10.3. The summed E-state index contributed by atoms with van der Waals surface area (Å²) in [5.41, 5.74) is 3.64. The SMILES string of the molecule is CN=C(NCCCCn1ccccc1=O)NC(C)Cc1c(C)nn(C)c1C.I. The summed E-state index contributed by atoms with van der Waals surface area (Å²) in [6, 6.07) is 5.50. The largest absolute Gasteiger partial charge is 0.356 e. The van der Waals surface area contributed by atoms with Crippen molar-refractivity contribution in [2.24, 2.45) is 12.0 Å². The van der Waals surface area contributed by atoms with Gasteiger partial charge in [0.15, 0.2) is 5.96 Å². The van der Waals surface area contributed by atoms with Crippen molar-refractivity contribution in [1.82, 2.24) is 25.0 Å². The number of nitrogens with one attached hydrogen (secondary N) is 2. The van der Waals surface area contributed by atoms with Crippen molar-refractivity contribution in [1.29, 1.82) is 0 Å². The van der Waals surface area contributed by atoms with Crippen molar-refractivity contribution in [2.75, 3.05) is 13.6 Å². The van der Waals surface area contributed by atoms with Gasteiger partial charge in [0.25, 0.3) is 0 Å². The molecule has 8 heteroatoms. The summed E-state index contributed by atoms with van der Waals surface area (Å²) in [5, 5.41) is 11.3. The highest BCUT2D eigenvalue weighted by atomic mass is 127. The molecule has 2 aromatic rings. The molecule has 0 bridgehead atoms. The summed E-state index contributed by atoms with van der Waals surface area (Å²) in [4.78, 5) is 16.0. The van der Waals surface area contributed by atoms with E-state index < -0.39 is 0 Å². The lowest BCUT2D eigenvalue weighted by atomic mass is 10.1. The van der Waals surface area contributed by atoms with E-state index in [-0.39, 0.29) is 35.6 Å². The van der Waals surface area contributed by atoms with Crippen molar-refractivity contribution in [2.45, 2.75) is 52.6 Å². The predicted molar refractivity (Wildman–Crippen MR) is 126 cm³/mol. The molecule has 2 rings (SSSR count). The molecule has 0 saturated carbocycles. The number of hydrogen-bond donors (Lipinski definition) is 2. The number of aliphatic imine (C=N–C) groups is 1. The molecule has 7 nitrogen and oxygen atoms in total. The van der Waals surface area contributed by atoms with Crippen LogP contribution in [0.15, 0.2) is 34.2 Å². The van der Waals surface area contributed by atoms with Gasteiger partial charge in [-0.3, -0.25) is 14.5 Å². The van der Waals surface area contributed by atoms with Gasteiger partial charge in [-0.15, -0.1) is 24.0 Å². The molecule has 2 heterocycles. The Bertz CT molecular complexity index is 826. The van der Waals surface area contributed by atoms with Crippen LogP contribution in [0.4, 0.5) is 0 Å². The Hall–Kier alpha value is -1.84. The molecule has 2 aromatic heterocycles. The standard InChI is InChI=1S/C20H32N6O.HI/c1-15(14-18-16(2)24-25(5)17(18)3)23-20(21-4)22-11-7-9-13-26-12-8-6-10-19(26)27;/h6,8,10,12,15H,7,9,11,13-14H2,1-5H3,(H2,21,22,23);1H. The van der Waals surface area contributed by atoms with Crippen LogP contribution in [0.2, 0.25) is 0 Å². The molecule has 0 radical (unpaired) electrons. The van der Waals surface area contributed by atoms with E-state index in [9.17, 15) is 4.79 Å². The summed E-state index contributed by atoms with van der Waals surface area (Å²) in [6.07, 6.45) is 4.65. The normalized spacial score (nSPS) is 12.4. The van der Waals surface area contributed by atoms with Crippen molar-refractivity contribution in [3.63, 3.8) is 0 Å². The molecule has 0 aliphatic heterocycles. The highest BCUT2D eigenvalue weighted by molar-refractivity contribution is 14.0. The van der Waals surface area contributed by atoms with Gasteiger partial charge in [-0.25, -0.2) is 0 Å². The van der Waals surface area contributed by atoms with Crippen LogP contribution in [0, 0.1) is 13.8 Å². The van der Waals surface area contributed by atoms with Gasteiger partial charge < -0.3 is 15.2 Å². The van der Waals surface area contributed by atoms with Gasteiger partial charge in [0.2, 0.25) is 5.56 Å². The minimum atomic E-state index is 0. The number of hydrogen-bond acceptors (Lipinski definition) is 3. The van der Waals surface area contributed by atoms with Gasteiger partial charge in [0, 0.05) is 51.2 Å². The topological polar surface area (TPSA) is 76.2 Å². The first-order chi connectivity index (χ1) is 12.9. The Morgan fingerprint density at radius 2 is 2.04 bits per heavy atom. The van der Waals surface area contributed by atoms with Gasteiger partial charge in [0.05, 0.1) is 5.69 Å². The van der Waals surface area contributed by atoms with E-state index >= 15 is 0 Å². The lowest BCUT2D eigenvalue weighted by Gasteiger charge is -2.18. The van der Waals surface area contributed by atoms with E-state index in [1.165, 1.54) is 11.3 Å². The lowest BCUT2D eigenvalue weighted by Crippen LogP contribution is -2.43. The van der Waals surface area contributed by atoms with Crippen molar-refractivity contribution in [3.05, 3.63) is 51.7 Å². The molecule has 0 aliphatic carbocycles. The molecule has 0 aliphatic rings. The molecule has 2 N–H and O–H groups in total. The molecule has 1 unspecified atom stereocenters. The average molecular weight is 500 g/mol. The van der Waals surface area contributed by atoms with E-state index in [1.54, 1.807) is 23.7 Å². The maximum Gasteiger partial charge on any atom is 0.250 e. The van der Waals surface area contributed by atoms with Crippen LogP contribution in [0.25, 0.3) is 0 Å². The quantitative estimate of drug-likeness (QED) is 0.253. The van der Waals surface area contributed by atoms with Crippen LogP contribution in [-0.4, -0.2) is 39.9 Å². The first kappa shape index (κ1) is 24.2. The molecule has 0 spiro atoms. The van der Waals surface area contributed by atoms with E-state index in [1.807, 2.05) is 24.0 Å². The van der Waals surface area contributed by atoms with Crippen molar-refractivity contribution >= 4 is 29.9 Å². The number of pyridine rings is 1. The third kappa shape index (κ3) is 6.96. The zero-order valence-corrected chi connectivity index (χ0v) is 19.9. The van der Waals surface area contributed by atoms with Crippen LogP contribution < -0.4 is 16.2 Å². The van der Waals surface area contributed by atoms with Crippen LogP contribution in [0.1, 0.15) is 36.7 Å². The first-order valence-corrected chi connectivity index (χ1v) is 9.54. The maximum absolute atomic E-state index is 11.7. The second kappa shape index (κ2) is 11.9. The fourth-order valence-electron chi connectivity index (χ4n) is 3.16. The molecule has 0 aromatic carbocycles. The smallest absolute Gasteiger partial charge is 0.250 e. The second-order valence-electron chi connectivity index (χ2n) is 6.96. The van der Waals surface area contributed by atoms with E-state index in [0.717, 1.165) is 44.0 Å². The number of rotatable bonds is 8. The van der Waals surface area contributed by atoms with Gasteiger partial charge >= 0.3 is 0 Å². The number of aryl methyl sites for hydroxylation is 3. The van der Waals surface area contributed by atoms with Crippen molar-refractivity contribution in [3.8, 4) is 0 Å². The van der Waals surface area contributed by atoms with Crippen LogP contribution in [0.5, 0.6) is 0 Å². The average Bonchev–Trinajstić information content (AvgIpc) is 2.88. The van der Waals surface area contributed by atoms with Crippen molar-refractivity contribution < 1.29 is 0 Å².